The smallest absolute Gasteiger partial charge is 0.410 e. The fourth-order valence-electron chi connectivity index (χ4n) is 5.52. The van der Waals surface area contributed by atoms with Gasteiger partial charge >= 0.3 is 6.09 Å². The number of nitro groups is 2. The van der Waals surface area contributed by atoms with Gasteiger partial charge in [-0.1, -0.05) is 43.4 Å². The molecule has 3 aliphatic rings. The molecule has 0 unspecified atom stereocenters. The highest BCUT2D eigenvalue weighted by molar-refractivity contribution is 8.05. The molecule has 220 valence electrons. The Hall–Kier alpha value is -3.95. The van der Waals surface area contributed by atoms with E-state index in [1.165, 1.54) is 58.0 Å². The quantitative estimate of drug-likeness (QED) is 0.174. The van der Waals surface area contributed by atoms with Gasteiger partial charge in [0.05, 0.1) is 21.9 Å². The van der Waals surface area contributed by atoms with E-state index in [9.17, 15) is 39.7 Å². The first-order chi connectivity index (χ1) is 20.0. The van der Waals surface area contributed by atoms with Crippen LogP contribution in [-0.4, -0.2) is 65.9 Å². The number of carbonyl (C=O) groups excluding carboxylic acids is 3. The van der Waals surface area contributed by atoms with E-state index in [2.05, 4.69) is 12.6 Å². The molecule has 3 atom stereocenters. The second kappa shape index (κ2) is 11.4. The van der Waals surface area contributed by atoms with Crippen molar-refractivity contribution in [1.29, 1.82) is 0 Å². The van der Waals surface area contributed by atoms with E-state index in [0.29, 0.717) is 22.5 Å². The fourth-order valence-corrected chi connectivity index (χ4v) is 7.69. The molecule has 0 radical (unpaired) electrons. The zero-order chi connectivity index (χ0) is 30.3. The molecule has 5 rings (SSSR count). The van der Waals surface area contributed by atoms with Gasteiger partial charge in [0.1, 0.15) is 17.2 Å². The third-order valence-corrected chi connectivity index (χ3v) is 9.62. The Morgan fingerprint density at radius 1 is 1.07 bits per heavy atom. The molecule has 15 heteroatoms. The van der Waals surface area contributed by atoms with Crippen molar-refractivity contribution in [2.45, 2.75) is 37.3 Å². The first-order valence-corrected chi connectivity index (χ1v) is 14.3. The number of nitro benzene ring substituents is 2. The molecule has 2 aromatic rings. The van der Waals surface area contributed by atoms with Crippen molar-refractivity contribution in [3.05, 3.63) is 90.5 Å². The Bertz CT molecular complexity index is 1490. The molecule has 0 aliphatic carbocycles. The molecular weight excluding hydrogens is 588 g/mol. The first kappa shape index (κ1) is 29.5. The lowest BCUT2D eigenvalue weighted by Gasteiger charge is -2.55. The molecule has 1 N–H and O–H groups in total. The summed E-state index contributed by atoms with van der Waals surface area (Å²) in [6, 6.07) is 11.6. The second-order valence-electron chi connectivity index (χ2n) is 10.3. The molecule has 3 heterocycles. The lowest BCUT2D eigenvalue weighted by atomic mass is 9.77. The van der Waals surface area contributed by atoms with Crippen LogP contribution < -0.4 is 0 Å². The van der Waals surface area contributed by atoms with Gasteiger partial charge < -0.3 is 14.7 Å². The number of aliphatic hydroxyl groups is 1. The van der Waals surface area contributed by atoms with Gasteiger partial charge in [-0.15, -0.1) is 0 Å². The fraction of sp³-hybridized carbons (Fsp3) is 0.370. The number of likely N-dealkylation sites (tertiary alicyclic amines) is 1. The van der Waals surface area contributed by atoms with Crippen molar-refractivity contribution in [1.82, 2.24) is 9.80 Å². The monoisotopic (exact) mass is 614 g/mol. The number of carbonyl (C=O) groups is 3. The van der Waals surface area contributed by atoms with Crippen LogP contribution in [0.15, 0.2) is 59.1 Å². The molecule has 0 spiro atoms. The van der Waals surface area contributed by atoms with Crippen LogP contribution in [0.4, 0.5) is 16.2 Å². The van der Waals surface area contributed by atoms with Gasteiger partial charge in [-0.25, -0.2) is 4.79 Å². The third-order valence-electron chi connectivity index (χ3n) is 7.72. The van der Waals surface area contributed by atoms with Crippen LogP contribution in [0.1, 0.15) is 24.5 Å². The predicted molar refractivity (Wildman–Crippen MR) is 153 cm³/mol. The number of nitrogens with zero attached hydrogens (tertiary/aromatic N) is 4. The van der Waals surface area contributed by atoms with Gasteiger partial charge in [-0.2, -0.15) is 0 Å². The molecule has 0 saturated carbocycles. The molecule has 0 bridgehead atoms. The van der Waals surface area contributed by atoms with E-state index in [1.54, 1.807) is 19.1 Å². The summed E-state index contributed by atoms with van der Waals surface area (Å²) in [4.78, 5) is 62.0. The topological polar surface area (TPSA) is 173 Å². The number of rotatable bonds is 10. The summed E-state index contributed by atoms with van der Waals surface area (Å²) in [5, 5.41) is 32.1. The van der Waals surface area contributed by atoms with Gasteiger partial charge in [-0.3, -0.25) is 34.7 Å². The van der Waals surface area contributed by atoms with Crippen molar-refractivity contribution < 1.29 is 34.1 Å². The standard InChI is InChI=1S/C27H26N4O9S2/c1-2-20(32)21-24(33)29-22(25(34)41)23(42-27(21,29)11-15-3-7-18(8-4-15)30(36)37)17-12-28(13-17)26(35)40-14-16-5-9-19(10-6-16)31(38)39/h3-10,17,20-21,32H,2,11-14H2,1H3,(H,34,41)/t20-,21+,27+/m0/s1. The summed E-state index contributed by atoms with van der Waals surface area (Å²) >= 11 is 5.36. The summed E-state index contributed by atoms with van der Waals surface area (Å²) in [6.45, 7) is 2.13. The van der Waals surface area contributed by atoms with E-state index < -0.39 is 43.9 Å². The van der Waals surface area contributed by atoms with Gasteiger partial charge in [0.2, 0.25) is 11.0 Å². The summed E-state index contributed by atoms with van der Waals surface area (Å²) in [5.41, 5.74) is 1.24. The highest BCUT2D eigenvalue weighted by atomic mass is 32.2. The van der Waals surface area contributed by atoms with Crippen molar-refractivity contribution >= 4 is 52.9 Å². The maximum absolute atomic E-state index is 13.3. The number of hydrogen-bond donors (Lipinski definition) is 2. The minimum atomic E-state index is -1.03. The van der Waals surface area contributed by atoms with Crippen LogP contribution in [0.25, 0.3) is 0 Å². The number of aliphatic hydroxyl groups excluding tert-OH is 1. The molecule has 42 heavy (non-hydrogen) atoms. The van der Waals surface area contributed by atoms with Crippen LogP contribution in [0, 0.1) is 32.1 Å². The third kappa shape index (κ3) is 5.12. The summed E-state index contributed by atoms with van der Waals surface area (Å²) in [7, 11) is 0. The Labute approximate surface area is 249 Å². The Morgan fingerprint density at radius 2 is 1.62 bits per heavy atom. The van der Waals surface area contributed by atoms with E-state index in [0.717, 1.165) is 0 Å². The highest BCUT2D eigenvalue weighted by Gasteiger charge is 2.69. The SMILES string of the molecule is CC[C@H](O)[C@@H]1C(=O)N2C(C(=O)S)=C(C3CN(C(=O)OCc4ccc([N+](=O)[O-])cc4)C3)S[C@]12Cc1ccc([N+](=O)[O-])cc1. The number of ether oxygens (including phenoxy) is 1. The average Bonchev–Trinajstić information content (AvgIpc) is 3.21. The summed E-state index contributed by atoms with van der Waals surface area (Å²) in [6.07, 6.45) is -1.02. The molecule has 13 nitrogen and oxygen atoms in total. The lowest BCUT2D eigenvalue weighted by molar-refractivity contribution is -0.385. The second-order valence-corrected chi connectivity index (χ2v) is 12.0. The summed E-state index contributed by atoms with van der Waals surface area (Å²) < 4.78 is 5.34. The molecule has 2 amide bonds. The maximum atomic E-state index is 13.3. The number of amides is 2. The van der Waals surface area contributed by atoms with E-state index in [-0.39, 0.29) is 49.1 Å². The minimum absolute atomic E-state index is 0.0734. The first-order valence-electron chi connectivity index (χ1n) is 13.0. The van der Waals surface area contributed by atoms with Crippen molar-refractivity contribution in [3.8, 4) is 0 Å². The number of hydrogen-bond acceptors (Lipinski definition) is 10. The minimum Gasteiger partial charge on any atom is -0.445 e. The normalized spacial score (nSPS) is 22.3. The van der Waals surface area contributed by atoms with E-state index >= 15 is 0 Å². The molecule has 3 aliphatic heterocycles. The van der Waals surface area contributed by atoms with Crippen molar-refractivity contribution in [2.24, 2.45) is 11.8 Å². The van der Waals surface area contributed by atoms with Gasteiger partial charge in [0.15, 0.2) is 0 Å². The van der Waals surface area contributed by atoms with E-state index in [1.807, 2.05) is 0 Å². The van der Waals surface area contributed by atoms with Crippen LogP contribution in [0.3, 0.4) is 0 Å². The van der Waals surface area contributed by atoms with Crippen LogP contribution in [0.5, 0.6) is 0 Å². The zero-order valence-electron chi connectivity index (χ0n) is 22.2. The number of non-ortho nitro benzene ring substituents is 2. The molecular formula is C27H26N4O9S2. The van der Waals surface area contributed by atoms with Gasteiger partial charge in [0, 0.05) is 54.6 Å². The van der Waals surface area contributed by atoms with E-state index in [4.69, 9.17) is 4.74 Å². The average molecular weight is 615 g/mol. The lowest BCUT2D eigenvalue weighted by Crippen LogP contribution is -2.71. The number of thiol groups is 1. The van der Waals surface area contributed by atoms with Gasteiger partial charge in [0.25, 0.3) is 11.4 Å². The molecule has 2 aromatic carbocycles. The summed E-state index contributed by atoms with van der Waals surface area (Å²) in [5.74, 6) is -1.49. The predicted octanol–water partition coefficient (Wildman–Crippen LogP) is 3.65. The number of thioether (sulfide) groups is 1. The molecule has 0 aromatic heterocycles. The van der Waals surface area contributed by atoms with Crippen LogP contribution >= 0.6 is 24.4 Å². The van der Waals surface area contributed by atoms with Crippen LogP contribution in [-0.2, 0) is 27.4 Å². The zero-order valence-corrected chi connectivity index (χ0v) is 24.0. The Morgan fingerprint density at radius 3 is 2.12 bits per heavy atom. The Kier molecular flexibility index (Phi) is 8.00. The largest absolute Gasteiger partial charge is 0.445 e. The van der Waals surface area contributed by atoms with Crippen molar-refractivity contribution in [2.75, 3.05) is 13.1 Å². The maximum Gasteiger partial charge on any atom is 0.410 e. The van der Waals surface area contributed by atoms with Crippen LogP contribution in [0.2, 0.25) is 0 Å². The number of fused-ring (bicyclic) bond motifs is 1. The van der Waals surface area contributed by atoms with Crippen molar-refractivity contribution in [3.63, 3.8) is 0 Å². The number of β-lactam (4-membered cyclic amide) rings is 1. The van der Waals surface area contributed by atoms with Gasteiger partial charge in [-0.05, 0) is 29.7 Å². The Balaban J connectivity index is 1.31. The molecule has 2 fully saturated rings. The number of benzene rings is 2. The highest BCUT2D eigenvalue weighted by Crippen LogP contribution is 2.62. The molecule has 2 saturated heterocycles.